The van der Waals surface area contributed by atoms with Crippen molar-refractivity contribution in [1.82, 2.24) is 4.98 Å². The van der Waals surface area contributed by atoms with Gasteiger partial charge >= 0.3 is 5.97 Å². The Bertz CT molecular complexity index is 304. The van der Waals surface area contributed by atoms with Gasteiger partial charge in [0, 0.05) is 12.6 Å². The molecule has 0 aliphatic carbocycles. The number of aromatic nitrogens is 1. The molecule has 0 radical (unpaired) electrons. The third-order valence-corrected chi connectivity index (χ3v) is 2.60. The van der Waals surface area contributed by atoms with E-state index in [1.54, 1.807) is 12.3 Å². The highest BCUT2D eigenvalue weighted by atomic mass is 33.1. The summed E-state index contributed by atoms with van der Waals surface area (Å²) in [5.41, 5.74) is 0.935. The molecule has 70 valence electrons. The molecule has 1 rings (SSSR count). The second-order valence-electron chi connectivity index (χ2n) is 2.45. The van der Waals surface area contributed by atoms with Crippen molar-refractivity contribution in [2.45, 2.75) is 17.9 Å². The van der Waals surface area contributed by atoms with Crippen molar-refractivity contribution in [3.63, 3.8) is 0 Å². The third kappa shape index (κ3) is 3.28. The number of hydrogen-bond donors (Lipinski definition) is 2. The van der Waals surface area contributed by atoms with Gasteiger partial charge in [-0.3, -0.25) is 4.79 Å². The van der Waals surface area contributed by atoms with Crippen LogP contribution >= 0.6 is 22.5 Å². The Balaban J connectivity index is 2.69. The Morgan fingerprint density at radius 2 is 2.46 bits per heavy atom. The van der Waals surface area contributed by atoms with Gasteiger partial charge in [0.15, 0.2) is 0 Å². The molecule has 1 aromatic heterocycles. The van der Waals surface area contributed by atoms with Gasteiger partial charge in [0.2, 0.25) is 0 Å². The topological polar surface area (TPSA) is 50.2 Å². The van der Waals surface area contributed by atoms with Gasteiger partial charge in [0.1, 0.15) is 5.03 Å². The van der Waals surface area contributed by atoms with E-state index < -0.39 is 5.97 Å². The second kappa shape index (κ2) is 5.14. The third-order valence-electron chi connectivity index (χ3n) is 1.54. The van der Waals surface area contributed by atoms with Crippen molar-refractivity contribution in [3.8, 4) is 0 Å². The molecule has 0 saturated heterocycles. The van der Waals surface area contributed by atoms with Crippen molar-refractivity contribution < 1.29 is 9.90 Å². The summed E-state index contributed by atoms with van der Waals surface area (Å²) in [7, 11) is 1.24. The summed E-state index contributed by atoms with van der Waals surface area (Å²) < 4.78 is 0. The maximum atomic E-state index is 10.3. The molecule has 1 aromatic rings. The maximum Gasteiger partial charge on any atom is 0.303 e. The van der Waals surface area contributed by atoms with E-state index in [0.29, 0.717) is 6.42 Å². The molecule has 0 unspecified atom stereocenters. The van der Waals surface area contributed by atoms with Gasteiger partial charge in [-0.1, -0.05) is 6.07 Å². The monoisotopic (exact) mass is 215 g/mol. The number of pyridine rings is 1. The van der Waals surface area contributed by atoms with Gasteiger partial charge in [-0.05, 0) is 28.8 Å². The first-order valence-electron chi connectivity index (χ1n) is 3.71. The largest absolute Gasteiger partial charge is 0.481 e. The molecule has 0 aromatic carbocycles. The van der Waals surface area contributed by atoms with Gasteiger partial charge < -0.3 is 5.11 Å². The first kappa shape index (κ1) is 10.4. The average molecular weight is 215 g/mol. The molecular weight excluding hydrogens is 206 g/mol. The smallest absolute Gasteiger partial charge is 0.303 e. The van der Waals surface area contributed by atoms with E-state index in [1.165, 1.54) is 10.8 Å². The Morgan fingerprint density at radius 1 is 1.69 bits per heavy atom. The van der Waals surface area contributed by atoms with Crippen LogP contribution in [-0.4, -0.2) is 16.1 Å². The van der Waals surface area contributed by atoms with Crippen molar-refractivity contribution in [1.29, 1.82) is 0 Å². The zero-order valence-corrected chi connectivity index (χ0v) is 8.52. The summed E-state index contributed by atoms with van der Waals surface area (Å²) >= 11 is 4.03. The van der Waals surface area contributed by atoms with E-state index in [9.17, 15) is 4.79 Å². The standard InChI is InChI=1S/C8H9NO2S2/c10-7(11)4-3-6-2-1-5-9-8(6)13-12/h1-2,5,12H,3-4H2,(H,10,11). The number of nitrogens with zero attached hydrogens (tertiary/aromatic N) is 1. The molecule has 0 fully saturated rings. The van der Waals surface area contributed by atoms with E-state index in [0.717, 1.165) is 10.6 Å². The molecule has 5 heteroatoms. The lowest BCUT2D eigenvalue weighted by atomic mass is 10.2. The van der Waals surface area contributed by atoms with Crippen molar-refractivity contribution in [3.05, 3.63) is 23.9 Å². The predicted octanol–water partition coefficient (Wildman–Crippen LogP) is 2.04. The lowest BCUT2D eigenvalue weighted by molar-refractivity contribution is -0.136. The number of carboxylic acids is 1. The van der Waals surface area contributed by atoms with Crippen LogP contribution in [0.1, 0.15) is 12.0 Å². The number of rotatable bonds is 4. The van der Waals surface area contributed by atoms with Gasteiger partial charge in [0.25, 0.3) is 0 Å². The van der Waals surface area contributed by atoms with Crippen LogP contribution in [0.4, 0.5) is 0 Å². The number of carbonyl (C=O) groups is 1. The Labute approximate surface area is 85.4 Å². The van der Waals surface area contributed by atoms with Crippen LogP contribution in [0, 0.1) is 0 Å². The predicted molar refractivity (Wildman–Crippen MR) is 55.0 cm³/mol. The fourth-order valence-electron chi connectivity index (χ4n) is 0.938. The lowest BCUT2D eigenvalue weighted by Gasteiger charge is -2.02. The van der Waals surface area contributed by atoms with E-state index in [-0.39, 0.29) is 6.42 Å². The normalized spacial score (nSPS) is 9.92. The molecule has 0 aliphatic heterocycles. The second-order valence-corrected chi connectivity index (χ2v) is 3.57. The van der Waals surface area contributed by atoms with Crippen LogP contribution in [-0.2, 0) is 11.2 Å². The van der Waals surface area contributed by atoms with Gasteiger partial charge in [0.05, 0.1) is 0 Å². The molecule has 0 aliphatic rings. The van der Waals surface area contributed by atoms with Gasteiger partial charge in [-0.25, -0.2) is 4.98 Å². The highest BCUT2D eigenvalue weighted by Crippen LogP contribution is 2.23. The molecule has 0 atom stereocenters. The number of aliphatic carboxylic acids is 1. The van der Waals surface area contributed by atoms with Crippen LogP contribution in [0.15, 0.2) is 23.4 Å². The fourth-order valence-corrected chi connectivity index (χ4v) is 1.83. The van der Waals surface area contributed by atoms with Crippen LogP contribution in [0.3, 0.4) is 0 Å². The summed E-state index contributed by atoms with van der Waals surface area (Å²) in [6.45, 7) is 0. The fraction of sp³-hybridized carbons (Fsp3) is 0.250. The Morgan fingerprint density at radius 3 is 3.08 bits per heavy atom. The summed E-state index contributed by atoms with van der Waals surface area (Å²) in [6, 6.07) is 3.67. The van der Waals surface area contributed by atoms with Crippen molar-refractivity contribution in [2.24, 2.45) is 0 Å². The van der Waals surface area contributed by atoms with Crippen molar-refractivity contribution >= 4 is 28.4 Å². The highest BCUT2D eigenvalue weighted by Gasteiger charge is 2.04. The lowest BCUT2D eigenvalue weighted by Crippen LogP contribution is -1.98. The summed E-state index contributed by atoms with van der Waals surface area (Å²) in [4.78, 5) is 14.4. The summed E-state index contributed by atoms with van der Waals surface area (Å²) in [5, 5.41) is 9.28. The summed E-state index contributed by atoms with van der Waals surface area (Å²) in [6.07, 6.45) is 2.31. The van der Waals surface area contributed by atoms with Crippen LogP contribution < -0.4 is 0 Å². The Hall–Kier alpha value is -0.680. The zero-order valence-electron chi connectivity index (χ0n) is 6.80. The first-order valence-corrected chi connectivity index (χ1v) is 5.58. The molecule has 1 heterocycles. The maximum absolute atomic E-state index is 10.3. The molecule has 0 spiro atoms. The van der Waals surface area contributed by atoms with Gasteiger partial charge in [-0.2, -0.15) is 0 Å². The number of aryl methyl sites for hydroxylation is 1. The minimum absolute atomic E-state index is 0.132. The Kier molecular flexibility index (Phi) is 4.11. The van der Waals surface area contributed by atoms with E-state index in [2.05, 4.69) is 16.6 Å². The van der Waals surface area contributed by atoms with E-state index in [1.807, 2.05) is 6.07 Å². The van der Waals surface area contributed by atoms with E-state index in [4.69, 9.17) is 5.11 Å². The molecule has 0 amide bonds. The molecule has 0 bridgehead atoms. The molecular formula is C8H9NO2S2. The molecule has 13 heavy (non-hydrogen) atoms. The molecule has 1 N–H and O–H groups in total. The van der Waals surface area contributed by atoms with E-state index >= 15 is 0 Å². The van der Waals surface area contributed by atoms with Crippen LogP contribution in [0.25, 0.3) is 0 Å². The van der Waals surface area contributed by atoms with Crippen LogP contribution in [0.2, 0.25) is 0 Å². The van der Waals surface area contributed by atoms with Crippen LogP contribution in [0.5, 0.6) is 0 Å². The minimum Gasteiger partial charge on any atom is -0.481 e. The van der Waals surface area contributed by atoms with Crippen molar-refractivity contribution in [2.75, 3.05) is 0 Å². The number of hydrogen-bond acceptors (Lipinski definition) is 4. The number of thiol groups is 1. The minimum atomic E-state index is -0.793. The quantitative estimate of drug-likeness (QED) is 0.596. The first-order chi connectivity index (χ1) is 6.24. The molecule has 0 saturated carbocycles. The van der Waals surface area contributed by atoms with Gasteiger partial charge in [-0.15, -0.1) is 11.7 Å². The average Bonchev–Trinajstić information content (AvgIpc) is 2.15. The highest BCUT2D eigenvalue weighted by molar-refractivity contribution is 8.68. The summed E-state index contributed by atoms with van der Waals surface area (Å²) in [5.74, 6) is -0.793. The SMILES string of the molecule is O=C(O)CCc1cccnc1SS. The number of carboxylic acid groups (broad SMARTS) is 1. The molecule has 3 nitrogen and oxygen atoms in total. The zero-order chi connectivity index (χ0) is 9.68.